The number of nitrogens with zero attached hydrogens (tertiary/aromatic N) is 2. The van der Waals surface area contributed by atoms with Gasteiger partial charge < -0.3 is 10.3 Å². The Balaban J connectivity index is 2.14. The van der Waals surface area contributed by atoms with Crippen molar-refractivity contribution >= 4 is 11.0 Å². The van der Waals surface area contributed by atoms with Gasteiger partial charge in [0.25, 0.3) is 0 Å². The molecule has 1 aromatic carbocycles. The summed E-state index contributed by atoms with van der Waals surface area (Å²) in [6.07, 6.45) is 3.31. The highest BCUT2D eigenvalue weighted by atomic mass is 19.1. The summed E-state index contributed by atoms with van der Waals surface area (Å²) in [5, 5.41) is 0. The van der Waals surface area contributed by atoms with Crippen LogP contribution in [0, 0.1) is 5.82 Å². The maximum Gasteiger partial charge on any atom is 0.125 e. The van der Waals surface area contributed by atoms with Crippen molar-refractivity contribution in [3.63, 3.8) is 0 Å². The molecule has 0 aliphatic heterocycles. The predicted molar refractivity (Wildman–Crippen MR) is 70.0 cm³/mol. The van der Waals surface area contributed by atoms with Crippen LogP contribution in [-0.2, 0) is 0 Å². The first-order chi connectivity index (χ1) is 8.70. The summed E-state index contributed by atoms with van der Waals surface area (Å²) in [5.74, 6) is 1.16. The highest BCUT2D eigenvalue weighted by Crippen LogP contribution is 2.40. The van der Waals surface area contributed by atoms with Crippen molar-refractivity contribution in [2.24, 2.45) is 5.73 Å². The second kappa shape index (κ2) is 4.35. The Labute approximate surface area is 106 Å². The molecule has 2 aromatic rings. The SMILES string of the molecule is CC(CCN)c1nc2cc(F)ccc2n1C1CC1. The van der Waals surface area contributed by atoms with Crippen LogP contribution < -0.4 is 5.73 Å². The topological polar surface area (TPSA) is 43.8 Å². The maximum absolute atomic E-state index is 13.3. The summed E-state index contributed by atoms with van der Waals surface area (Å²) in [6.45, 7) is 2.80. The molecule has 2 N–H and O–H groups in total. The van der Waals surface area contributed by atoms with E-state index < -0.39 is 0 Å². The minimum absolute atomic E-state index is 0.221. The minimum Gasteiger partial charge on any atom is -0.330 e. The lowest BCUT2D eigenvalue weighted by molar-refractivity contribution is 0.593. The number of hydrogen-bond acceptors (Lipinski definition) is 2. The number of fused-ring (bicyclic) bond motifs is 1. The molecule has 1 unspecified atom stereocenters. The molecule has 0 amide bonds. The molecule has 1 heterocycles. The quantitative estimate of drug-likeness (QED) is 0.902. The van der Waals surface area contributed by atoms with Gasteiger partial charge in [-0.15, -0.1) is 0 Å². The molecule has 0 bridgehead atoms. The van der Waals surface area contributed by atoms with Gasteiger partial charge >= 0.3 is 0 Å². The second-order valence-corrected chi connectivity index (χ2v) is 5.18. The van der Waals surface area contributed by atoms with Crippen LogP contribution in [0.4, 0.5) is 4.39 Å². The van der Waals surface area contributed by atoms with Gasteiger partial charge in [-0.05, 0) is 37.9 Å². The van der Waals surface area contributed by atoms with Crippen LogP contribution in [0.2, 0.25) is 0 Å². The lowest BCUT2D eigenvalue weighted by atomic mass is 10.1. The van der Waals surface area contributed by atoms with E-state index in [0.29, 0.717) is 18.5 Å². The standard InChI is InChI=1S/C14H18FN3/c1-9(6-7-16)14-17-12-8-10(15)2-5-13(12)18(14)11-3-4-11/h2,5,8-9,11H,3-4,6-7,16H2,1H3. The molecule has 3 rings (SSSR count). The van der Waals surface area contributed by atoms with E-state index in [0.717, 1.165) is 23.3 Å². The van der Waals surface area contributed by atoms with Gasteiger partial charge in [0.1, 0.15) is 11.6 Å². The molecule has 1 aliphatic rings. The number of aromatic nitrogens is 2. The summed E-state index contributed by atoms with van der Waals surface area (Å²) in [7, 11) is 0. The molecule has 0 radical (unpaired) electrons. The van der Waals surface area contributed by atoms with E-state index in [1.807, 2.05) is 6.07 Å². The molecule has 1 fully saturated rings. The molecule has 1 aliphatic carbocycles. The van der Waals surface area contributed by atoms with Crippen LogP contribution in [0.15, 0.2) is 18.2 Å². The molecule has 4 heteroatoms. The van der Waals surface area contributed by atoms with E-state index >= 15 is 0 Å². The summed E-state index contributed by atoms with van der Waals surface area (Å²) in [6, 6.07) is 5.43. The number of halogens is 1. The van der Waals surface area contributed by atoms with Crippen molar-refractivity contribution in [3.8, 4) is 0 Å². The third kappa shape index (κ3) is 1.90. The van der Waals surface area contributed by atoms with Gasteiger partial charge in [0.15, 0.2) is 0 Å². The molecule has 0 saturated heterocycles. The zero-order valence-electron chi connectivity index (χ0n) is 10.6. The molecular formula is C14H18FN3. The average Bonchev–Trinajstić information content (AvgIpc) is 3.10. The Kier molecular flexibility index (Phi) is 2.82. The number of rotatable bonds is 4. The third-order valence-corrected chi connectivity index (χ3v) is 3.63. The monoisotopic (exact) mass is 247 g/mol. The number of imidazole rings is 1. The van der Waals surface area contributed by atoms with Gasteiger partial charge in [-0.25, -0.2) is 9.37 Å². The fourth-order valence-corrected chi connectivity index (χ4v) is 2.53. The molecule has 1 atom stereocenters. The first kappa shape index (κ1) is 11.7. The van der Waals surface area contributed by atoms with Crippen LogP contribution in [0.3, 0.4) is 0 Å². The van der Waals surface area contributed by atoms with Crippen LogP contribution in [-0.4, -0.2) is 16.1 Å². The summed E-state index contributed by atoms with van der Waals surface area (Å²) in [5.41, 5.74) is 7.45. The lowest BCUT2D eigenvalue weighted by Gasteiger charge is -2.13. The molecule has 1 aromatic heterocycles. The number of nitrogens with two attached hydrogens (primary N) is 1. The fraction of sp³-hybridized carbons (Fsp3) is 0.500. The van der Waals surface area contributed by atoms with E-state index in [-0.39, 0.29) is 5.82 Å². The van der Waals surface area contributed by atoms with Crippen molar-refractivity contribution < 1.29 is 4.39 Å². The van der Waals surface area contributed by atoms with Gasteiger partial charge in [0.05, 0.1) is 11.0 Å². The van der Waals surface area contributed by atoms with Gasteiger partial charge in [-0.2, -0.15) is 0 Å². The van der Waals surface area contributed by atoms with Crippen LogP contribution in [0.5, 0.6) is 0 Å². The zero-order valence-corrected chi connectivity index (χ0v) is 10.6. The van der Waals surface area contributed by atoms with E-state index in [9.17, 15) is 4.39 Å². The van der Waals surface area contributed by atoms with E-state index in [1.165, 1.54) is 25.0 Å². The molecule has 3 nitrogen and oxygen atoms in total. The Hall–Kier alpha value is -1.42. The molecule has 1 saturated carbocycles. The predicted octanol–water partition coefficient (Wildman–Crippen LogP) is 2.96. The van der Waals surface area contributed by atoms with Gasteiger partial charge in [0, 0.05) is 18.0 Å². The highest BCUT2D eigenvalue weighted by Gasteiger charge is 2.29. The van der Waals surface area contributed by atoms with E-state index in [2.05, 4.69) is 16.5 Å². The summed E-state index contributed by atoms with van der Waals surface area (Å²) in [4.78, 5) is 4.62. The Morgan fingerprint density at radius 1 is 1.50 bits per heavy atom. The van der Waals surface area contributed by atoms with Crippen LogP contribution in [0.25, 0.3) is 11.0 Å². The maximum atomic E-state index is 13.3. The largest absolute Gasteiger partial charge is 0.330 e. The third-order valence-electron chi connectivity index (χ3n) is 3.63. The smallest absolute Gasteiger partial charge is 0.125 e. The summed E-state index contributed by atoms with van der Waals surface area (Å²) < 4.78 is 15.6. The molecular weight excluding hydrogens is 229 g/mol. The van der Waals surface area contributed by atoms with Crippen molar-refractivity contribution in [3.05, 3.63) is 29.8 Å². The van der Waals surface area contributed by atoms with Crippen molar-refractivity contribution in [1.82, 2.24) is 9.55 Å². The van der Waals surface area contributed by atoms with Crippen molar-refractivity contribution in [2.45, 2.75) is 38.1 Å². The molecule has 18 heavy (non-hydrogen) atoms. The van der Waals surface area contributed by atoms with Crippen molar-refractivity contribution in [1.29, 1.82) is 0 Å². The van der Waals surface area contributed by atoms with Gasteiger partial charge in [0.2, 0.25) is 0 Å². The van der Waals surface area contributed by atoms with Crippen LogP contribution >= 0.6 is 0 Å². The second-order valence-electron chi connectivity index (χ2n) is 5.18. The summed E-state index contributed by atoms with van der Waals surface area (Å²) >= 11 is 0. The molecule has 0 spiro atoms. The Morgan fingerprint density at radius 3 is 2.94 bits per heavy atom. The first-order valence-electron chi connectivity index (χ1n) is 6.58. The average molecular weight is 247 g/mol. The van der Waals surface area contributed by atoms with Crippen LogP contribution in [0.1, 0.15) is 44.0 Å². The Morgan fingerprint density at radius 2 is 2.28 bits per heavy atom. The number of hydrogen-bond donors (Lipinski definition) is 1. The highest BCUT2D eigenvalue weighted by molar-refractivity contribution is 5.76. The minimum atomic E-state index is -0.221. The van der Waals surface area contributed by atoms with Gasteiger partial charge in [-0.1, -0.05) is 6.92 Å². The van der Waals surface area contributed by atoms with E-state index in [4.69, 9.17) is 5.73 Å². The Bertz CT molecular complexity index is 572. The molecule has 96 valence electrons. The zero-order chi connectivity index (χ0) is 12.7. The first-order valence-corrected chi connectivity index (χ1v) is 6.58. The van der Waals surface area contributed by atoms with E-state index in [1.54, 1.807) is 0 Å². The lowest BCUT2D eigenvalue weighted by Crippen LogP contribution is -2.10. The van der Waals surface area contributed by atoms with Gasteiger partial charge in [-0.3, -0.25) is 0 Å². The fourth-order valence-electron chi connectivity index (χ4n) is 2.53. The normalized spacial score (nSPS) is 17.3. The van der Waals surface area contributed by atoms with Crippen molar-refractivity contribution in [2.75, 3.05) is 6.54 Å². The number of benzene rings is 1.